The van der Waals surface area contributed by atoms with Crippen LogP contribution in [0.1, 0.15) is 38.3 Å². The third-order valence-corrected chi connectivity index (χ3v) is 6.61. The second-order valence-electron chi connectivity index (χ2n) is 9.78. The third kappa shape index (κ3) is 4.81. The van der Waals surface area contributed by atoms with E-state index in [1.807, 2.05) is 49.8 Å². The van der Waals surface area contributed by atoms with Crippen LogP contribution in [-0.2, 0) is 6.54 Å². The van der Waals surface area contributed by atoms with Gasteiger partial charge < -0.3 is 25.4 Å². The van der Waals surface area contributed by atoms with E-state index in [1.54, 1.807) is 0 Å². The zero-order valence-electron chi connectivity index (χ0n) is 21.4. The van der Waals surface area contributed by atoms with Gasteiger partial charge in [-0.15, -0.1) is 0 Å². The Balaban J connectivity index is 1.47. The molecular weight excluding hydrogens is 452 g/mol. The first-order valence-corrected chi connectivity index (χ1v) is 12.5. The molecule has 0 aromatic carbocycles. The molecule has 188 valence electrons. The fourth-order valence-corrected chi connectivity index (χ4v) is 4.46. The maximum Gasteiger partial charge on any atom is 0.229 e. The van der Waals surface area contributed by atoms with Crippen LogP contribution in [0.4, 0.5) is 17.6 Å². The lowest BCUT2D eigenvalue weighted by molar-refractivity contribution is 0.495. The first-order valence-electron chi connectivity index (χ1n) is 12.5. The molecule has 5 rings (SSSR count). The average molecular weight is 487 g/mol. The molecule has 1 fully saturated rings. The summed E-state index contributed by atoms with van der Waals surface area (Å²) >= 11 is 0. The van der Waals surface area contributed by atoms with Crippen LogP contribution in [0.2, 0.25) is 0 Å². The minimum absolute atomic E-state index is 0.239. The Morgan fingerprint density at radius 2 is 1.89 bits per heavy atom. The number of anilines is 3. The zero-order valence-corrected chi connectivity index (χ0v) is 21.4. The summed E-state index contributed by atoms with van der Waals surface area (Å²) in [6.07, 6.45) is 7.40. The first kappa shape index (κ1) is 23.9. The molecule has 5 heterocycles. The van der Waals surface area contributed by atoms with Gasteiger partial charge in [-0.1, -0.05) is 6.07 Å². The molecule has 3 N–H and O–H groups in total. The summed E-state index contributed by atoms with van der Waals surface area (Å²) in [6, 6.07) is 8.57. The van der Waals surface area contributed by atoms with Crippen LogP contribution in [0, 0.1) is 0 Å². The summed E-state index contributed by atoms with van der Waals surface area (Å²) in [5, 5.41) is 3.54. The number of rotatable bonds is 7. The van der Waals surface area contributed by atoms with E-state index >= 15 is 0 Å². The molecule has 4 aromatic rings. The van der Waals surface area contributed by atoms with E-state index in [-0.39, 0.29) is 12.1 Å². The van der Waals surface area contributed by atoms with Gasteiger partial charge >= 0.3 is 0 Å². The Morgan fingerprint density at radius 3 is 2.58 bits per heavy atom. The Kier molecular flexibility index (Phi) is 6.69. The molecule has 10 nitrogen and oxygen atoms in total. The number of imidazole rings is 1. The van der Waals surface area contributed by atoms with Gasteiger partial charge in [0.15, 0.2) is 17.0 Å². The molecule has 1 aliphatic heterocycles. The van der Waals surface area contributed by atoms with Crippen LogP contribution in [0.5, 0.6) is 0 Å². The fourth-order valence-electron chi connectivity index (χ4n) is 4.46. The number of hydrogen-bond acceptors (Lipinski definition) is 9. The van der Waals surface area contributed by atoms with Gasteiger partial charge in [0.25, 0.3) is 0 Å². The fraction of sp³-hybridized carbons (Fsp3) is 0.423. The van der Waals surface area contributed by atoms with Gasteiger partial charge in [0.05, 0.1) is 12.0 Å². The Morgan fingerprint density at radius 1 is 1.08 bits per heavy atom. The molecule has 10 heteroatoms. The van der Waals surface area contributed by atoms with Crippen LogP contribution in [0.15, 0.2) is 43.0 Å². The molecule has 4 aromatic heterocycles. The van der Waals surface area contributed by atoms with Gasteiger partial charge in [-0.2, -0.15) is 9.97 Å². The first-order chi connectivity index (χ1) is 17.4. The van der Waals surface area contributed by atoms with E-state index in [9.17, 15) is 0 Å². The largest absolute Gasteiger partial charge is 0.364 e. The molecule has 0 atom stereocenters. The zero-order chi connectivity index (χ0) is 25.2. The molecule has 0 unspecified atom stereocenters. The van der Waals surface area contributed by atoms with Crippen molar-refractivity contribution in [2.75, 3.05) is 42.3 Å². The monoisotopic (exact) mass is 486 g/mol. The summed E-state index contributed by atoms with van der Waals surface area (Å²) in [5.41, 5.74) is 10.7. The molecule has 1 aliphatic rings. The highest BCUT2D eigenvalue weighted by Crippen LogP contribution is 2.28. The summed E-state index contributed by atoms with van der Waals surface area (Å²) < 4.78 is 2.09. The second kappa shape index (κ2) is 10.1. The molecular formula is C26H34N10. The summed E-state index contributed by atoms with van der Waals surface area (Å²) in [5.74, 6) is 2.35. The van der Waals surface area contributed by atoms with Gasteiger partial charge in [0.2, 0.25) is 5.95 Å². The van der Waals surface area contributed by atoms with E-state index in [1.165, 1.54) is 0 Å². The van der Waals surface area contributed by atoms with Gasteiger partial charge in [0, 0.05) is 63.8 Å². The van der Waals surface area contributed by atoms with Crippen LogP contribution < -0.4 is 20.9 Å². The summed E-state index contributed by atoms with van der Waals surface area (Å²) in [7, 11) is 3.96. The van der Waals surface area contributed by atoms with E-state index in [0.29, 0.717) is 12.5 Å². The quantitative estimate of drug-likeness (QED) is 0.405. The smallest absolute Gasteiger partial charge is 0.229 e. The number of nitrogens with zero attached hydrogens (tertiary/aromatic N) is 8. The minimum Gasteiger partial charge on any atom is -0.364 e. The molecule has 36 heavy (non-hydrogen) atoms. The van der Waals surface area contributed by atoms with Crippen molar-refractivity contribution < 1.29 is 0 Å². The number of hydrogen-bond donors (Lipinski definition) is 2. The number of pyridine rings is 2. The highest BCUT2D eigenvalue weighted by molar-refractivity contribution is 5.84. The lowest BCUT2D eigenvalue weighted by Gasteiger charge is -2.30. The molecule has 0 spiro atoms. The topological polar surface area (TPSA) is 114 Å². The lowest BCUT2D eigenvalue weighted by atomic mass is 10.1. The Hall–Kier alpha value is -3.79. The summed E-state index contributed by atoms with van der Waals surface area (Å²) in [4.78, 5) is 27.9. The van der Waals surface area contributed by atoms with Crippen LogP contribution >= 0.6 is 0 Å². The normalized spacial score (nSPS) is 14.6. The minimum atomic E-state index is 0.239. The maximum absolute atomic E-state index is 6.13. The SMILES string of the molecule is CC(C)n1cnc2c(NCc3cccnc3-c3ccc(N(C)C)nc3)nc(N3CCC(N)CC3)nc21. The highest BCUT2D eigenvalue weighted by Gasteiger charge is 2.22. The molecule has 0 radical (unpaired) electrons. The summed E-state index contributed by atoms with van der Waals surface area (Å²) in [6.45, 7) is 6.51. The van der Waals surface area contributed by atoms with Gasteiger partial charge in [-0.3, -0.25) is 4.98 Å². The number of nitrogens with one attached hydrogen (secondary N) is 1. The van der Waals surface area contributed by atoms with Crippen LogP contribution in [0.3, 0.4) is 0 Å². The molecule has 0 saturated carbocycles. The third-order valence-electron chi connectivity index (χ3n) is 6.61. The van der Waals surface area contributed by atoms with Crippen molar-refractivity contribution in [1.29, 1.82) is 0 Å². The van der Waals surface area contributed by atoms with Crippen molar-refractivity contribution in [3.8, 4) is 11.3 Å². The Labute approximate surface area is 211 Å². The van der Waals surface area contributed by atoms with Crippen LogP contribution in [-0.4, -0.2) is 62.7 Å². The van der Waals surface area contributed by atoms with Gasteiger partial charge in [-0.05, 0) is 50.5 Å². The number of piperidine rings is 1. The Bertz CT molecular complexity index is 1320. The number of nitrogens with two attached hydrogens (primary N) is 1. The van der Waals surface area contributed by atoms with E-state index in [2.05, 4.69) is 55.7 Å². The maximum atomic E-state index is 6.13. The second-order valence-corrected chi connectivity index (χ2v) is 9.78. The van der Waals surface area contributed by atoms with E-state index in [0.717, 1.165) is 65.6 Å². The predicted molar refractivity (Wildman–Crippen MR) is 144 cm³/mol. The van der Waals surface area contributed by atoms with Crippen molar-refractivity contribution in [2.24, 2.45) is 5.73 Å². The molecule has 1 saturated heterocycles. The van der Waals surface area contributed by atoms with E-state index in [4.69, 9.17) is 15.7 Å². The van der Waals surface area contributed by atoms with E-state index < -0.39 is 0 Å². The lowest BCUT2D eigenvalue weighted by Crippen LogP contribution is -2.40. The number of aromatic nitrogens is 6. The number of fused-ring (bicyclic) bond motifs is 1. The molecule has 0 bridgehead atoms. The van der Waals surface area contributed by atoms with Gasteiger partial charge in [-0.25, -0.2) is 9.97 Å². The average Bonchev–Trinajstić information content (AvgIpc) is 3.32. The van der Waals surface area contributed by atoms with Crippen molar-refractivity contribution in [1.82, 2.24) is 29.5 Å². The molecule has 0 amide bonds. The predicted octanol–water partition coefficient (Wildman–Crippen LogP) is 3.47. The van der Waals surface area contributed by atoms with Crippen molar-refractivity contribution in [3.63, 3.8) is 0 Å². The van der Waals surface area contributed by atoms with Gasteiger partial charge in [0.1, 0.15) is 5.82 Å². The van der Waals surface area contributed by atoms with Crippen molar-refractivity contribution in [2.45, 2.75) is 45.3 Å². The van der Waals surface area contributed by atoms with Crippen molar-refractivity contribution >= 4 is 28.7 Å². The standard InChI is InChI=1S/C26H34N10/c1-17(2)36-16-31-23-24(32-26(33-25(23)36)35-12-9-20(27)10-13-35)30-15-18-6-5-11-28-22(18)19-7-8-21(29-14-19)34(3)4/h5-8,11,14,16-17,20H,9-10,12-13,15,27H2,1-4H3,(H,30,32,33). The molecule has 0 aliphatic carbocycles. The van der Waals surface area contributed by atoms with Crippen LogP contribution in [0.25, 0.3) is 22.4 Å². The van der Waals surface area contributed by atoms with Crippen molar-refractivity contribution in [3.05, 3.63) is 48.5 Å². The highest BCUT2D eigenvalue weighted by atomic mass is 15.3.